The van der Waals surface area contributed by atoms with E-state index in [1.807, 2.05) is 20.8 Å². The molecule has 54 heavy (non-hydrogen) atoms. The lowest BCUT2D eigenvalue weighted by Gasteiger charge is -2.24. The summed E-state index contributed by atoms with van der Waals surface area (Å²) in [6.07, 6.45) is 6.39. The van der Waals surface area contributed by atoms with Gasteiger partial charge in [0.15, 0.2) is 0 Å². The lowest BCUT2D eigenvalue weighted by molar-refractivity contribution is -0.166. The van der Waals surface area contributed by atoms with Crippen molar-refractivity contribution in [3.8, 4) is 0 Å². The Kier molecular flexibility index (Phi) is 22.9. The number of hydrogen-bond donors (Lipinski definition) is 6. The van der Waals surface area contributed by atoms with E-state index in [0.29, 0.717) is 91.9 Å². The van der Waals surface area contributed by atoms with Gasteiger partial charge in [0.1, 0.15) is 0 Å². The lowest BCUT2D eigenvalue weighted by atomic mass is 9.80. The number of likely N-dealkylation sites (tertiary alicyclic amines) is 1. The summed E-state index contributed by atoms with van der Waals surface area (Å²) in [6.45, 7) is 13.0. The van der Waals surface area contributed by atoms with Crippen LogP contribution in [0.3, 0.4) is 0 Å². The number of allylic oxidation sites excluding steroid dienone is 1. The molecule has 0 spiro atoms. The number of hydrogen-bond acceptors (Lipinski definition) is 11. The molecule has 1 aliphatic rings. The molecule has 1 heterocycles. The predicted octanol–water partition coefficient (Wildman–Crippen LogP) is 2.88. The zero-order chi connectivity index (χ0) is 40.7. The number of rotatable bonds is 28. The Bertz CT molecular complexity index is 1260. The van der Waals surface area contributed by atoms with Crippen molar-refractivity contribution in [3.05, 3.63) is 12.3 Å². The molecule has 1 fully saturated rings. The Morgan fingerprint density at radius 1 is 0.667 bits per heavy atom. The third-order valence-corrected chi connectivity index (χ3v) is 9.16. The van der Waals surface area contributed by atoms with Crippen molar-refractivity contribution in [2.75, 3.05) is 45.8 Å². The summed E-state index contributed by atoms with van der Waals surface area (Å²) in [5.41, 5.74) is 0.340. The van der Waals surface area contributed by atoms with Crippen LogP contribution in [0.1, 0.15) is 124 Å². The van der Waals surface area contributed by atoms with Crippen molar-refractivity contribution in [3.63, 3.8) is 0 Å². The number of imide groups is 1. The molecule has 0 aromatic heterocycles. The van der Waals surface area contributed by atoms with E-state index in [0.717, 1.165) is 12.8 Å². The lowest BCUT2D eigenvalue weighted by Crippen LogP contribution is -2.37. The number of amides is 7. The van der Waals surface area contributed by atoms with Crippen molar-refractivity contribution >= 4 is 41.4 Å². The van der Waals surface area contributed by atoms with Gasteiger partial charge in [0, 0.05) is 90.5 Å². The van der Waals surface area contributed by atoms with E-state index >= 15 is 0 Å². The zero-order valence-electron chi connectivity index (χ0n) is 32.8. The van der Waals surface area contributed by atoms with Crippen LogP contribution in [0.5, 0.6) is 0 Å². The summed E-state index contributed by atoms with van der Waals surface area (Å²) in [6, 6.07) is 0. The molecule has 1 saturated heterocycles. The van der Waals surface area contributed by atoms with E-state index in [1.54, 1.807) is 0 Å². The molecule has 17 heteroatoms. The molecule has 0 radical (unpaired) electrons. The molecule has 0 aromatic carbocycles. The van der Waals surface area contributed by atoms with Gasteiger partial charge in [0.2, 0.25) is 41.4 Å². The number of carbonyl (C=O) groups is 7. The van der Waals surface area contributed by atoms with Gasteiger partial charge in [0.25, 0.3) is 0 Å². The first kappa shape index (κ1) is 47.9. The molecule has 6 N–H and O–H groups in total. The van der Waals surface area contributed by atoms with Gasteiger partial charge in [-0.05, 0) is 69.6 Å². The second-order valence-electron chi connectivity index (χ2n) is 14.8. The first-order valence-corrected chi connectivity index (χ1v) is 19.2. The number of nitrogens with zero attached hydrogens (tertiary/aromatic N) is 4. The molecule has 1 aliphatic heterocycles. The summed E-state index contributed by atoms with van der Waals surface area (Å²) in [5, 5.41) is 40.0. The monoisotopic (exact) mass is 767 g/mol. The van der Waals surface area contributed by atoms with Crippen LogP contribution in [0.25, 0.3) is 0 Å². The smallest absolute Gasteiger partial charge is 0.246 e. The SMILES string of the molecule is C=C(CCC(=O)N(O)CCCCCNC(=O)CCN1C(=O)CC(C(C)(C)C)C1=O)NCCCCCN(O)C(=O)CCC(=O)NCCCCCN(O)C(C)=O. The summed E-state index contributed by atoms with van der Waals surface area (Å²) in [4.78, 5) is 85.5. The van der Waals surface area contributed by atoms with E-state index in [2.05, 4.69) is 22.5 Å². The standard InChI is InChI=1S/C37H65N7O10/c1-28(38-20-9-6-13-25-44(54)34(49)18-16-31(46)39-21-10-7-12-23-42(52)29(2)45)15-17-33(48)43(53)24-14-8-11-22-40-32(47)19-26-41-35(50)27-30(36(41)51)37(3,4)5/h30,38,52-54H,1,6-27H2,2-5H3,(H,39,46)(H,40,47). The molecule has 7 amide bonds. The average Bonchev–Trinajstić information content (AvgIpc) is 3.41. The van der Waals surface area contributed by atoms with Gasteiger partial charge in [-0.3, -0.25) is 54.1 Å². The highest BCUT2D eigenvalue weighted by molar-refractivity contribution is 6.04. The van der Waals surface area contributed by atoms with Gasteiger partial charge in [-0.1, -0.05) is 27.4 Å². The fourth-order valence-electron chi connectivity index (χ4n) is 5.63. The molecular weight excluding hydrogens is 702 g/mol. The topological polar surface area (TPSA) is 229 Å². The maximum atomic E-state index is 12.6. The van der Waals surface area contributed by atoms with Crippen molar-refractivity contribution in [2.24, 2.45) is 11.3 Å². The Balaban J connectivity index is 2.03. The largest absolute Gasteiger partial charge is 0.389 e. The van der Waals surface area contributed by atoms with Crippen LogP contribution in [0.15, 0.2) is 12.3 Å². The minimum Gasteiger partial charge on any atom is -0.389 e. The summed E-state index contributed by atoms with van der Waals surface area (Å²) >= 11 is 0. The minimum absolute atomic E-state index is 0.0374. The number of carbonyl (C=O) groups excluding carboxylic acids is 7. The Morgan fingerprint density at radius 3 is 1.57 bits per heavy atom. The van der Waals surface area contributed by atoms with Crippen LogP contribution in [-0.2, 0) is 33.6 Å². The Morgan fingerprint density at radius 2 is 1.11 bits per heavy atom. The van der Waals surface area contributed by atoms with E-state index in [-0.39, 0.29) is 93.2 Å². The van der Waals surface area contributed by atoms with Gasteiger partial charge in [-0.25, -0.2) is 15.2 Å². The normalized spacial score (nSPS) is 14.1. The van der Waals surface area contributed by atoms with E-state index in [1.165, 1.54) is 11.8 Å². The van der Waals surface area contributed by atoms with Crippen molar-refractivity contribution < 1.29 is 49.2 Å². The second kappa shape index (κ2) is 25.8. The first-order valence-electron chi connectivity index (χ1n) is 19.2. The number of nitrogens with one attached hydrogen (secondary N) is 3. The quantitative estimate of drug-likeness (QED) is 0.0294. The molecule has 0 aliphatic carbocycles. The van der Waals surface area contributed by atoms with Crippen LogP contribution in [-0.4, -0.2) is 123 Å². The molecular formula is C37H65N7O10. The average molecular weight is 768 g/mol. The minimum atomic E-state index is -0.533. The maximum absolute atomic E-state index is 12.6. The van der Waals surface area contributed by atoms with Gasteiger partial charge in [0.05, 0.1) is 5.92 Å². The molecule has 0 bridgehead atoms. The molecule has 308 valence electrons. The van der Waals surface area contributed by atoms with Crippen LogP contribution in [0.4, 0.5) is 0 Å². The third-order valence-electron chi connectivity index (χ3n) is 9.16. The van der Waals surface area contributed by atoms with Gasteiger partial charge >= 0.3 is 0 Å². The zero-order valence-corrected chi connectivity index (χ0v) is 32.8. The predicted molar refractivity (Wildman–Crippen MR) is 198 cm³/mol. The summed E-state index contributed by atoms with van der Waals surface area (Å²) in [5.74, 6) is -2.74. The molecule has 1 rings (SSSR count). The Labute approximate surface area is 319 Å². The van der Waals surface area contributed by atoms with E-state index in [4.69, 9.17) is 0 Å². The second-order valence-corrected chi connectivity index (χ2v) is 14.8. The highest BCUT2D eigenvalue weighted by Crippen LogP contribution is 2.35. The number of hydroxylamine groups is 6. The molecule has 17 nitrogen and oxygen atoms in total. The highest BCUT2D eigenvalue weighted by Gasteiger charge is 2.44. The van der Waals surface area contributed by atoms with Gasteiger partial charge in [-0.2, -0.15) is 0 Å². The fraction of sp³-hybridized carbons (Fsp3) is 0.757. The molecule has 1 atom stereocenters. The summed E-state index contributed by atoms with van der Waals surface area (Å²) < 4.78 is 0. The maximum Gasteiger partial charge on any atom is 0.246 e. The highest BCUT2D eigenvalue weighted by atomic mass is 16.5. The van der Waals surface area contributed by atoms with Crippen LogP contribution in [0, 0.1) is 11.3 Å². The van der Waals surface area contributed by atoms with E-state index < -0.39 is 17.7 Å². The van der Waals surface area contributed by atoms with Crippen molar-refractivity contribution in [2.45, 2.75) is 124 Å². The van der Waals surface area contributed by atoms with Crippen LogP contribution >= 0.6 is 0 Å². The summed E-state index contributed by atoms with van der Waals surface area (Å²) in [7, 11) is 0. The number of unbranched alkanes of at least 4 members (excludes halogenated alkanes) is 6. The van der Waals surface area contributed by atoms with E-state index in [9.17, 15) is 49.2 Å². The Hall–Kier alpha value is -4.09. The van der Waals surface area contributed by atoms with Gasteiger partial charge in [-0.15, -0.1) is 0 Å². The third kappa shape index (κ3) is 20.4. The van der Waals surface area contributed by atoms with Crippen LogP contribution < -0.4 is 16.0 Å². The van der Waals surface area contributed by atoms with Crippen LogP contribution in [0.2, 0.25) is 0 Å². The first-order chi connectivity index (χ1) is 25.4. The van der Waals surface area contributed by atoms with Gasteiger partial charge < -0.3 is 16.0 Å². The molecule has 0 aromatic rings. The fourth-order valence-corrected chi connectivity index (χ4v) is 5.63. The van der Waals surface area contributed by atoms with Crippen molar-refractivity contribution in [1.29, 1.82) is 0 Å². The van der Waals surface area contributed by atoms with Crippen molar-refractivity contribution in [1.82, 2.24) is 36.0 Å². The molecule has 0 saturated carbocycles. The molecule has 1 unspecified atom stereocenters.